The highest BCUT2D eigenvalue weighted by Gasteiger charge is 2.12. The first-order valence-electron chi connectivity index (χ1n) is 6.67. The van der Waals surface area contributed by atoms with Gasteiger partial charge in [-0.2, -0.15) is 0 Å². The fourth-order valence-electron chi connectivity index (χ4n) is 1.81. The molecule has 6 nitrogen and oxygen atoms in total. The summed E-state index contributed by atoms with van der Waals surface area (Å²) in [7, 11) is -0.0368. The van der Waals surface area contributed by atoms with Crippen LogP contribution in [0.2, 0.25) is 0 Å². The number of benzene rings is 1. The molecular formula is C14H20N4O2S. The van der Waals surface area contributed by atoms with Gasteiger partial charge in [0, 0.05) is 45.3 Å². The van der Waals surface area contributed by atoms with E-state index in [1.54, 1.807) is 26.6 Å². The van der Waals surface area contributed by atoms with Crippen LogP contribution < -0.4 is 5.32 Å². The summed E-state index contributed by atoms with van der Waals surface area (Å²) in [6.45, 7) is 1.08. The van der Waals surface area contributed by atoms with E-state index in [1.165, 1.54) is 4.31 Å². The van der Waals surface area contributed by atoms with Crippen LogP contribution in [0.5, 0.6) is 0 Å². The van der Waals surface area contributed by atoms with E-state index < -0.39 is 10.0 Å². The van der Waals surface area contributed by atoms with Crippen LogP contribution in [0.15, 0.2) is 43.0 Å². The third kappa shape index (κ3) is 4.38. The largest absolute Gasteiger partial charge is 0.312 e. The molecule has 0 unspecified atom stereocenters. The summed E-state index contributed by atoms with van der Waals surface area (Å²) in [6.07, 6.45) is 5.37. The van der Waals surface area contributed by atoms with Crippen molar-refractivity contribution in [3.8, 4) is 5.69 Å². The van der Waals surface area contributed by atoms with Gasteiger partial charge in [-0.25, -0.2) is 17.7 Å². The van der Waals surface area contributed by atoms with Crippen LogP contribution >= 0.6 is 0 Å². The number of nitrogens with zero attached hydrogens (tertiary/aromatic N) is 3. The summed E-state index contributed by atoms with van der Waals surface area (Å²) < 4.78 is 26.4. The summed E-state index contributed by atoms with van der Waals surface area (Å²) in [4.78, 5) is 4.01. The molecule has 0 amide bonds. The van der Waals surface area contributed by atoms with E-state index in [4.69, 9.17) is 0 Å². The standard InChI is InChI=1S/C14H20N4O2S/c1-17(2)21(19,20)10-8-15-11-13-3-5-14(6-4-13)18-9-7-16-12-18/h3-7,9,12,15H,8,10-11H2,1-2H3. The molecule has 0 aliphatic rings. The maximum absolute atomic E-state index is 11.6. The zero-order valence-corrected chi connectivity index (χ0v) is 13.0. The lowest BCUT2D eigenvalue weighted by molar-refractivity contribution is 0.517. The summed E-state index contributed by atoms with van der Waals surface area (Å²) in [5, 5.41) is 3.14. The van der Waals surface area contributed by atoms with Gasteiger partial charge in [0.1, 0.15) is 0 Å². The Morgan fingerprint density at radius 2 is 1.95 bits per heavy atom. The highest BCUT2D eigenvalue weighted by Crippen LogP contribution is 2.09. The number of imidazole rings is 1. The Morgan fingerprint density at radius 1 is 1.24 bits per heavy atom. The first-order chi connectivity index (χ1) is 9.99. The average molecular weight is 308 g/mol. The second-order valence-corrected chi connectivity index (χ2v) is 7.21. The van der Waals surface area contributed by atoms with Crippen molar-refractivity contribution in [2.75, 3.05) is 26.4 Å². The van der Waals surface area contributed by atoms with Gasteiger partial charge in [0.05, 0.1) is 12.1 Å². The predicted molar refractivity (Wildman–Crippen MR) is 82.7 cm³/mol. The number of nitrogens with one attached hydrogen (secondary N) is 1. The fourth-order valence-corrected chi connectivity index (χ4v) is 2.58. The molecule has 1 N–H and O–H groups in total. The fraction of sp³-hybridized carbons (Fsp3) is 0.357. The predicted octanol–water partition coefficient (Wildman–Crippen LogP) is 0.853. The third-order valence-electron chi connectivity index (χ3n) is 3.16. The highest BCUT2D eigenvalue weighted by molar-refractivity contribution is 7.89. The second-order valence-electron chi connectivity index (χ2n) is 4.91. The lowest BCUT2D eigenvalue weighted by atomic mass is 10.2. The molecule has 114 valence electrons. The maximum Gasteiger partial charge on any atom is 0.214 e. The van der Waals surface area contributed by atoms with Gasteiger partial charge in [-0.1, -0.05) is 12.1 Å². The van der Waals surface area contributed by atoms with E-state index in [1.807, 2.05) is 35.0 Å². The molecule has 21 heavy (non-hydrogen) atoms. The maximum atomic E-state index is 11.6. The van der Waals surface area contributed by atoms with Crippen molar-refractivity contribution in [3.05, 3.63) is 48.5 Å². The molecule has 0 bridgehead atoms. The topological polar surface area (TPSA) is 67.2 Å². The van der Waals surface area contributed by atoms with Crippen molar-refractivity contribution in [1.82, 2.24) is 19.2 Å². The molecule has 2 rings (SSSR count). The van der Waals surface area contributed by atoms with Crippen molar-refractivity contribution in [3.63, 3.8) is 0 Å². The van der Waals surface area contributed by atoms with E-state index in [0.29, 0.717) is 13.1 Å². The molecule has 0 atom stereocenters. The molecule has 7 heteroatoms. The summed E-state index contributed by atoms with van der Waals surface area (Å²) in [5.41, 5.74) is 2.16. The van der Waals surface area contributed by atoms with E-state index in [0.717, 1.165) is 11.3 Å². The monoisotopic (exact) mass is 308 g/mol. The Kier molecular flexibility index (Phi) is 5.11. The minimum absolute atomic E-state index is 0.104. The quantitative estimate of drug-likeness (QED) is 0.770. The van der Waals surface area contributed by atoms with E-state index in [9.17, 15) is 8.42 Å². The van der Waals surface area contributed by atoms with Crippen molar-refractivity contribution in [1.29, 1.82) is 0 Å². The molecule has 0 spiro atoms. The SMILES string of the molecule is CN(C)S(=O)(=O)CCNCc1ccc(-n2ccnc2)cc1. The van der Waals surface area contributed by atoms with Crippen molar-refractivity contribution in [2.24, 2.45) is 0 Å². The molecule has 0 aliphatic carbocycles. The highest BCUT2D eigenvalue weighted by atomic mass is 32.2. The number of aromatic nitrogens is 2. The first-order valence-corrected chi connectivity index (χ1v) is 8.28. The molecular weight excluding hydrogens is 288 g/mol. The Morgan fingerprint density at radius 3 is 2.52 bits per heavy atom. The van der Waals surface area contributed by atoms with Crippen molar-refractivity contribution in [2.45, 2.75) is 6.54 Å². The number of sulfonamides is 1. The van der Waals surface area contributed by atoms with Gasteiger partial charge < -0.3 is 9.88 Å². The van der Waals surface area contributed by atoms with E-state index >= 15 is 0 Å². The summed E-state index contributed by atoms with van der Waals surface area (Å²) in [5.74, 6) is 0.104. The Balaban J connectivity index is 1.82. The molecule has 1 heterocycles. The van der Waals surface area contributed by atoms with Crippen LogP contribution in [-0.2, 0) is 16.6 Å². The molecule has 1 aromatic heterocycles. The molecule has 0 saturated carbocycles. The van der Waals surface area contributed by atoms with E-state index in [-0.39, 0.29) is 5.75 Å². The van der Waals surface area contributed by atoms with Crippen LogP contribution in [-0.4, -0.2) is 48.7 Å². The van der Waals surface area contributed by atoms with Crippen LogP contribution in [0, 0.1) is 0 Å². The normalized spacial score (nSPS) is 12.0. The molecule has 0 aliphatic heterocycles. The van der Waals surface area contributed by atoms with Crippen molar-refractivity contribution >= 4 is 10.0 Å². The number of rotatable bonds is 7. The minimum Gasteiger partial charge on any atom is -0.312 e. The molecule has 0 fully saturated rings. The Labute approximate surface area is 125 Å². The third-order valence-corrected chi connectivity index (χ3v) is 4.99. The van der Waals surface area contributed by atoms with Crippen LogP contribution in [0.1, 0.15) is 5.56 Å². The molecule has 0 radical (unpaired) electrons. The Hall–Kier alpha value is -1.70. The van der Waals surface area contributed by atoms with Gasteiger partial charge in [-0.3, -0.25) is 0 Å². The molecule has 1 aromatic carbocycles. The van der Waals surface area contributed by atoms with Gasteiger partial charge >= 0.3 is 0 Å². The van der Waals surface area contributed by atoms with E-state index in [2.05, 4.69) is 10.3 Å². The smallest absolute Gasteiger partial charge is 0.214 e. The molecule has 0 saturated heterocycles. The summed E-state index contributed by atoms with van der Waals surface area (Å²) >= 11 is 0. The average Bonchev–Trinajstić information content (AvgIpc) is 2.98. The van der Waals surface area contributed by atoms with Crippen molar-refractivity contribution < 1.29 is 8.42 Å². The minimum atomic E-state index is -3.13. The van der Waals surface area contributed by atoms with Gasteiger partial charge in [0.2, 0.25) is 10.0 Å². The zero-order chi connectivity index (χ0) is 15.3. The number of hydrogen-bond acceptors (Lipinski definition) is 4. The zero-order valence-electron chi connectivity index (χ0n) is 12.2. The molecule has 2 aromatic rings. The van der Waals surface area contributed by atoms with Gasteiger partial charge in [-0.05, 0) is 17.7 Å². The second kappa shape index (κ2) is 6.84. The number of hydrogen-bond donors (Lipinski definition) is 1. The first kappa shape index (κ1) is 15.7. The van der Waals surface area contributed by atoms with Crippen LogP contribution in [0.3, 0.4) is 0 Å². The Bertz CT molecular complexity index is 649. The summed E-state index contributed by atoms with van der Waals surface area (Å²) in [6, 6.07) is 8.05. The van der Waals surface area contributed by atoms with Crippen LogP contribution in [0.4, 0.5) is 0 Å². The van der Waals surface area contributed by atoms with Gasteiger partial charge in [0.15, 0.2) is 0 Å². The van der Waals surface area contributed by atoms with Gasteiger partial charge in [0.25, 0.3) is 0 Å². The lowest BCUT2D eigenvalue weighted by Crippen LogP contribution is -2.30. The van der Waals surface area contributed by atoms with Gasteiger partial charge in [-0.15, -0.1) is 0 Å². The lowest BCUT2D eigenvalue weighted by Gasteiger charge is -2.11. The van der Waals surface area contributed by atoms with Crippen LogP contribution in [0.25, 0.3) is 5.69 Å².